The van der Waals surface area contributed by atoms with Crippen molar-refractivity contribution in [1.29, 1.82) is 0 Å². The number of nitrogens with one attached hydrogen (secondary N) is 2. The molecule has 0 radical (unpaired) electrons. The molecule has 4 aromatic rings. The molecule has 0 unspecified atom stereocenters. The monoisotopic (exact) mass is 634 g/mol. The highest BCUT2D eigenvalue weighted by atomic mass is 16.5. The number of hydrogen-bond acceptors (Lipinski definition) is 8. The molecule has 2 N–H and O–H groups in total. The van der Waals surface area contributed by atoms with Crippen molar-refractivity contribution in [2.45, 2.75) is 58.4 Å². The first kappa shape index (κ1) is 30.9. The van der Waals surface area contributed by atoms with Crippen LogP contribution in [0.4, 0.5) is 17.3 Å². The fourth-order valence-electron chi connectivity index (χ4n) is 7.16. The minimum atomic E-state index is -0.211. The van der Waals surface area contributed by atoms with Crippen LogP contribution in [0.3, 0.4) is 0 Å². The number of para-hydroxylation sites is 1. The van der Waals surface area contributed by atoms with E-state index in [1.165, 1.54) is 12.8 Å². The predicted molar refractivity (Wildman–Crippen MR) is 182 cm³/mol. The number of benzene rings is 2. The van der Waals surface area contributed by atoms with Gasteiger partial charge in [-0.15, -0.1) is 0 Å². The molecule has 0 saturated carbocycles. The number of likely N-dealkylation sites (tertiary alicyclic amines) is 2. The molecule has 2 amide bonds. The quantitative estimate of drug-likeness (QED) is 0.264. The highest BCUT2D eigenvalue weighted by Crippen LogP contribution is 2.36. The van der Waals surface area contributed by atoms with Crippen molar-refractivity contribution in [2.75, 3.05) is 43.9 Å². The summed E-state index contributed by atoms with van der Waals surface area (Å²) in [5, 5.41) is 11.2. The van der Waals surface area contributed by atoms with Crippen molar-refractivity contribution in [3.63, 3.8) is 0 Å². The Morgan fingerprint density at radius 3 is 2.47 bits per heavy atom. The minimum Gasteiger partial charge on any atom is -0.495 e. The number of amides is 2. The standard InChI is InChI=1S/C36H42N8O3/c1-5-22-10-9-11-23(6-2)30(22)39-34(45)32-27-14-12-25-19-37-36(40-31(25)33(27)42(3)41-32)38-28-15-13-24(18-29(28)47-4)35(46)44-20-26(21-44)43-16-7-8-17-43/h9-11,13,15,18-19,26H,5-8,12,14,16-17,20-21H2,1-4H3,(H,39,45)(H,37,38,40). The SMILES string of the molecule is CCc1cccc(CC)c1NC(=O)c1nn(C)c2c1CCc1cnc(Nc3ccc(C(=O)N4CC(N5CCCC5)C4)cc3OC)nc1-2. The summed E-state index contributed by atoms with van der Waals surface area (Å²) in [5.74, 6) is 0.732. The number of fused-ring (bicyclic) bond motifs is 3. The van der Waals surface area contributed by atoms with Gasteiger partial charge in [0, 0.05) is 49.2 Å². The van der Waals surface area contributed by atoms with Crippen molar-refractivity contribution < 1.29 is 14.3 Å². The van der Waals surface area contributed by atoms with Crippen LogP contribution in [0.2, 0.25) is 0 Å². The molecule has 244 valence electrons. The number of rotatable bonds is 9. The number of aromatic nitrogens is 4. The van der Waals surface area contributed by atoms with Crippen LogP contribution < -0.4 is 15.4 Å². The molecule has 11 nitrogen and oxygen atoms in total. The van der Waals surface area contributed by atoms with E-state index in [1.54, 1.807) is 17.9 Å². The zero-order valence-electron chi connectivity index (χ0n) is 27.6. The third-order valence-corrected chi connectivity index (χ3v) is 9.83. The number of methoxy groups -OCH3 is 1. The number of anilines is 3. The van der Waals surface area contributed by atoms with Crippen molar-refractivity contribution in [2.24, 2.45) is 7.05 Å². The summed E-state index contributed by atoms with van der Waals surface area (Å²) in [6.07, 6.45) is 7.35. The smallest absolute Gasteiger partial charge is 0.276 e. The molecule has 2 fully saturated rings. The van der Waals surface area contributed by atoms with Crippen LogP contribution in [0.1, 0.15) is 69.8 Å². The van der Waals surface area contributed by atoms with Gasteiger partial charge in [0.15, 0.2) is 5.69 Å². The largest absolute Gasteiger partial charge is 0.495 e. The van der Waals surface area contributed by atoms with E-state index in [-0.39, 0.29) is 11.8 Å². The van der Waals surface area contributed by atoms with Gasteiger partial charge in [0.25, 0.3) is 11.8 Å². The van der Waals surface area contributed by atoms with Gasteiger partial charge >= 0.3 is 0 Å². The van der Waals surface area contributed by atoms with E-state index in [9.17, 15) is 9.59 Å². The molecule has 1 aliphatic carbocycles. The minimum absolute atomic E-state index is 0.0167. The summed E-state index contributed by atoms with van der Waals surface area (Å²) in [4.78, 5) is 40.8. The first-order valence-electron chi connectivity index (χ1n) is 16.7. The maximum absolute atomic E-state index is 13.7. The summed E-state index contributed by atoms with van der Waals surface area (Å²) in [6.45, 7) is 8.01. The maximum Gasteiger partial charge on any atom is 0.276 e. The lowest BCUT2D eigenvalue weighted by molar-refractivity contribution is 0.0334. The summed E-state index contributed by atoms with van der Waals surface area (Å²) in [6, 6.07) is 12.1. The molecule has 0 atom stereocenters. The lowest BCUT2D eigenvalue weighted by Crippen LogP contribution is -2.60. The Labute approximate surface area is 275 Å². The van der Waals surface area contributed by atoms with Gasteiger partial charge in [-0.25, -0.2) is 9.97 Å². The van der Waals surface area contributed by atoms with E-state index in [2.05, 4.69) is 51.6 Å². The second-order valence-electron chi connectivity index (χ2n) is 12.6. The highest BCUT2D eigenvalue weighted by Gasteiger charge is 2.36. The number of hydrogen-bond donors (Lipinski definition) is 2. The van der Waals surface area contributed by atoms with Gasteiger partial charge in [-0.1, -0.05) is 32.0 Å². The van der Waals surface area contributed by atoms with E-state index < -0.39 is 0 Å². The van der Waals surface area contributed by atoms with Gasteiger partial charge in [-0.3, -0.25) is 19.2 Å². The van der Waals surface area contributed by atoms with E-state index in [0.29, 0.717) is 47.5 Å². The maximum atomic E-state index is 13.7. The van der Waals surface area contributed by atoms with E-state index in [0.717, 1.165) is 78.3 Å². The molecular formula is C36H42N8O3. The predicted octanol–water partition coefficient (Wildman–Crippen LogP) is 5.03. The third kappa shape index (κ3) is 5.73. The number of carbonyl (C=O) groups is 2. The molecule has 4 heterocycles. The molecule has 2 aromatic heterocycles. The summed E-state index contributed by atoms with van der Waals surface area (Å²) >= 11 is 0. The number of ether oxygens (including phenoxy) is 1. The fraction of sp³-hybridized carbons (Fsp3) is 0.417. The lowest BCUT2D eigenvalue weighted by atomic mass is 9.93. The van der Waals surface area contributed by atoms with E-state index in [1.807, 2.05) is 36.3 Å². The number of aryl methyl sites for hydroxylation is 4. The van der Waals surface area contributed by atoms with Gasteiger partial charge < -0.3 is 20.3 Å². The van der Waals surface area contributed by atoms with Crippen LogP contribution in [0.15, 0.2) is 42.6 Å². The number of carbonyl (C=O) groups excluding carboxylic acids is 2. The van der Waals surface area contributed by atoms with Gasteiger partial charge in [-0.2, -0.15) is 5.10 Å². The van der Waals surface area contributed by atoms with Crippen molar-refractivity contribution in [3.05, 3.63) is 76.1 Å². The van der Waals surface area contributed by atoms with E-state index in [4.69, 9.17) is 9.72 Å². The molecule has 2 saturated heterocycles. The third-order valence-electron chi connectivity index (χ3n) is 9.83. The number of nitrogens with zero attached hydrogens (tertiary/aromatic N) is 6. The van der Waals surface area contributed by atoms with Gasteiger partial charge in [0.2, 0.25) is 5.95 Å². The van der Waals surface area contributed by atoms with Gasteiger partial charge in [-0.05, 0) is 86.5 Å². The van der Waals surface area contributed by atoms with Crippen LogP contribution in [0, 0.1) is 0 Å². The first-order valence-corrected chi connectivity index (χ1v) is 16.7. The highest BCUT2D eigenvalue weighted by molar-refractivity contribution is 6.06. The van der Waals surface area contributed by atoms with Crippen molar-refractivity contribution in [1.82, 2.24) is 29.5 Å². The van der Waals surface area contributed by atoms with Crippen LogP contribution in [-0.2, 0) is 32.7 Å². The Balaban J connectivity index is 1.10. The molecule has 7 rings (SSSR count). The Hall–Kier alpha value is -4.77. The van der Waals surface area contributed by atoms with Crippen LogP contribution in [-0.4, -0.2) is 80.7 Å². The Morgan fingerprint density at radius 2 is 1.77 bits per heavy atom. The zero-order chi connectivity index (χ0) is 32.7. The topological polar surface area (TPSA) is 118 Å². The normalized spacial score (nSPS) is 16.0. The van der Waals surface area contributed by atoms with Gasteiger partial charge in [0.1, 0.15) is 5.75 Å². The van der Waals surface area contributed by atoms with E-state index >= 15 is 0 Å². The molecular weight excluding hydrogens is 592 g/mol. The molecule has 0 spiro atoms. The first-order chi connectivity index (χ1) is 22.9. The second-order valence-corrected chi connectivity index (χ2v) is 12.6. The molecule has 2 aromatic carbocycles. The Kier molecular flexibility index (Phi) is 8.40. The molecule has 2 aliphatic heterocycles. The Morgan fingerprint density at radius 1 is 1.02 bits per heavy atom. The Bertz CT molecular complexity index is 1820. The second kappa shape index (κ2) is 12.8. The average molecular weight is 635 g/mol. The van der Waals surface area contributed by atoms with Gasteiger partial charge in [0.05, 0.1) is 24.2 Å². The summed E-state index contributed by atoms with van der Waals surface area (Å²) in [7, 11) is 3.44. The van der Waals surface area contributed by atoms with Crippen LogP contribution in [0.25, 0.3) is 11.4 Å². The molecule has 11 heteroatoms. The average Bonchev–Trinajstić information content (AvgIpc) is 3.72. The molecule has 0 bridgehead atoms. The lowest BCUT2D eigenvalue weighted by Gasteiger charge is -2.44. The zero-order valence-corrected chi connectivity index (χ0v) is 27.6. The summed E-state index contributed by atoms with van der Waals surface area (Å²) in [5.41, 5.74) is 8.21. The van der Waals surface area contributed by atoms with Crippen molar-refractivity contribution in [3.8, 4) is 17.1 Å². The van der Waals surface area contributed by atoms with Crippen LogP contribution in [0.5, 0.6) is 5.75 Å². The molecule has 3 aliphatic rings. The fourth-order valence-corrected chi connectivity index (χ4v) is 7.16. The van der Waals surface area contributed by atoms with Crippen molar-refractivity contribution >= 4 is 29.1 Å². The van der Waals surface area contributed by atoms with Crippen LogP contribution >= 0.6 is 0 Å². The summed E-state index contributed by atoms with van der Waals surface area (Å²) < 4.78 is 7.43. The molecule has 47 heavy (non-hydrogen) atoms.